The largest absolute Gasteiger partial charge is 0.372 e. The quantitative estimate of drug-likeness (QED) is 0.553. The van der Waals surface area contributed by atoms with Crippen LogP contribution in [0.1, 0.15) is 27.7 Å². The molecule has 1 aliphatic heterocycles. The van der Waals surface area contributed by atoms with Crippen molar-refractivity contribution in [3.8, 4) is 0 Å². The summed E-state index contributed by atoms with van der Waals surface area (Å²) in [6, 6.07) is 0.356. The molecule has 1 rings (SSSR count). The van der Waals surface area contributed by atoms with Gasteiger partial charge in [0.1, 0.15) is 0 Å². The van der Waals surface area contributed by atoms with E-state index < -0.39 is 0 Å². The van der Waals surface area contributed by atoms with Gasteiger partial charge in [0, 0.05) is 15.5 Å². The predicted octanol–water partition coefficient (Wildman–Crippen LogP) is 0.719. The van der Waals surface area contributed by atoms with Crippen molar-refractivity contribution < 1.29 is 4.79 Å². The van der Waals surface area contributed by atoms with E-state index in [4.69, 9.17) is 10.5 Å². The lowest BCUT2D eigenvalue weighted by Crippen LogP contribution is -2.63. The van der Waals surface area contributed by atoms with Crippen LogP contribution in [-0.4, -0.2) is 21.9 Å². The summed E-state index contributed by atoms with van der Waals surface area (Å²) < 4.78 is 0.618. The molecule has 12 heavy (non-hydrogen) atoms. The third-order valence-corrected chi connectivity index (χ3v) is 3.58. The van der Waals surface area contributed by atoms with Gasteiger partial charge in [-0.1, -0.05) is 0 Å². The summed E-state index contributed by atoms with van der Waals surface area (Å²) >= 11 is 1.97. The maximum Gasteiger partial charge on any atom is 0.204 e. The molecule has 1 fully saturated rings. The Balaban J connectivity index is 0.000000354. The molecule has 4 heteroatoms. The van der Waals surface area contributed by atoms with Crippen molar-refractivity contribution >= 4 is 18.2 Å². The molecule has 0 spiro atoms. The maximum absolute atomic E-state index is 8.58. The fourth-order valence-corrected chi connectivity index (χ4v) is 3.60. The summed E-state index contributed by atoms with van der Waals surface area (Å²) in [5.41, 5.74) is 10.1. The summed E-state index contributed by atoms with van der Waals surface area (Å²) in [4.78, 5) is 8.58. The first-order valence-electron chi connectivity index (χ1n) is 3.89. The SMILES string of the molecule is CC1(C)SC(C)(C)C1N.NC=O. The number of carbonyl (C=O) groups excluding carboxylic acids is 1. The second-order valence-corrected chi connectivity index (χ2v) is 6.23. The minimum absolute atomic E-state index is 0.250. The monoisotopic (exact) mass is 190 g/mol. The number of rotatable bonds is 0. The van der Waals surface area contributed by atoms with Gasteiger partial charge in [0.25, 0.3) is 0 Å². The molecule has 0 saturated carbocycles. The summed E-state index contributed by atoms with van der Waals surface area (Å²) in [6.07, 6.45) is 0.250. The van der Waals surface area contributed by atoms with E-state index in [-0.39, 0.29) is 6.41 Å². The highest BCUT2D eigenvalue weighted by Gasteiger charge is 2.51. The number of primary amides is 1. The van der Waals surface area contributed by atoms with E-state index in [2.05, 4.69) is 33.4 Å². The van der Waals surface area contributed by atoms with Crippen molar-refractivity contribution in [2.24, 2.45) is 11.5 Å². The molecule has 0 aromatic heterocycles. The van der Waals surface area contributed by atoms with Crippen LogP contribution >= 0.6 is 11.8 Å². The second-order valence-electron chi connectivity index (χ2n) is 3.92. The Morgan fingerprint density at radius 1 is 1.25 bits per heavy atom. The molecule has 1 saturated heterocycles. The first-order valence-corrected chi connectivity index (χ1v) is 4.70. The summed E-state index contributed by atoms with van der Waals surface area (Å²) in [5.74, 6) is 0. The Hall–Kier alpha value is -0.220. The number of nitrogens with two attached hydrogens (primary N) is 2. The number of thioether (sulfide) groups is 1. The molecule has 0 bridgehead atoms. The summed E-state index contributed by atoms with van der Waals surface area (Å²) in [6.45, 7) is 8.81. The third kappa shape index (κ3) is 2.38. The molecule has 1 heterocycles. The Morgan fingerprint density at radius 2 is 1.50 bits per heavy atom. The molecule has 0 aliphatic carbocycles. The molecular weight excluding hydrogens is 172 g/mol. The fraction of sp³-hybridized carbons (Fsp3) is 0.875. The number of amides is 1. The van der Waals surface area contributed by atoms with Crippen LogP contribution in [0.3, 0.4) is 0 Å². The highest BCUT2D eigenvalue weighted by molar-refractivity contribution is 8.03. The fourth-order valence-electron chi connectivity index (χ4n) is 1.58. The van der Waals surface area contributed by atoms with Crippen molar-refractivity contribution in [2.75, 3.05) is 0 Å². The lowest BCUT2D eigenvalue weighted by atomic mass is 9.90. The van der Waals surface area contributed by atoms with Crippen molar-refractivity contribution in [3.05, 3.63) is 0 Å². The van der Waals surface area contributed by atoms with Gasteiger partial charge < -0.3 is 11.5 Å². The van der Waals surface area contributed by atoms with Crippen molar-refractivity contribution in [1.82, 2.24) is 0 Å². The van der Waals surface area contributed by atoms with Gasteiger partial charge in [0.2, 0.25) is 6.41 Å². The summed E-state index contributed by atoms with van der Waals surface area (Å²) in [7, 11) is 0. The first-order chi connectivity index (χ1) is 5.28. The Kier molecular flexibility index (Phi) is 3.59. The highest BCUT2D eigenvalue weighted by atomic mass is 32.2. The zero-order chi connectivity index (χ0) is 9.99. The lowest BCUT2D eigenvalue weighted by Gasteiger charge is -2.54. The molecule has 0 aromatic rings. The van der Waals surface area contributed by atoms with Crippen LogP contribution in [0.4, 0.5) is 0 Å². The Bertz CT molecular complexity index is 154. The predicted molar refractivity (Wildman–Crippen MR) is 54.0 cm³/mol. The van der Waals surface area contributed by atoms with Crippen LogP contribution in [0.5, 0.6) is 0 Å². The Labute approximate surface area is 78.3 Å². The second kappa shape index (κ2) is 3.66. The standard InChI is InChI=1S/C7H15NS.CH3NO/c1-6(2)5(8)7(3,4)9-6;2-1-3/h5H,8H2,1-4H3;1H,(H2,2,3). The lowest BCUT2D eigenvalue weighted by molar-refractivity contribution is -0.106. The first kappa shape index (κ1) is 11.8. The van der Waals surface area contributed by atoms with Crippen LogP contribution in [0, 0.1) is 0 Å². The van der Waals surface area contributed by atoms with Crippen molar-refractivity contribution in [1.29, 1.82) is 0 Å². The molecule has 1 amide bonds. The zero-order valence-electron chi connectivity index (χ0n) is 8.13. The van der Waals surface area contributed by atoms with Crippen molar-refractivity contribution in [2.45, 2.75) is 43.2 Å². The Morgan fingerprint density at radius 3 is 1.50 bits per heavy atom. The van der Waals surface area contributed by atoms with Crippen LogP contribution in [0.15, 0.2) is 0 Å². The van der Waals surface area contributed by atoms with Crippen LogP contribution in [0.2, 0.25) is 0 Å². The van der Waals surface area contributed by atoms with E-state index >= 15 is 0 Å². The van der Waals surface area contributed by atoms with E-state index in [1.807, 2.05) is 11.8 Å². The van der Waals surface area contributed by atoms with Crippen LogP contribution in [-0.2, 0) is 4.79 Å². The average molecular weight is 190 g/mol. The van der Waals surface area contributed by atoms with E-state index in [1.165, 1.54) is 0 Å². The van der Waals surface area contributed by atoms with Gasteiger partial charge in [-0.3, -0.25) is 4.79 Å². The van der Waals surface area contributed by atoms with Gasteiger partial charge in [-0.2, -0.15) is 0 Å². The van der Waals surface area contributed by atoms with Crippen molar-refractivity contribution in [3.63, 3.8) is 0 Å². The van der Waals surface area contributed by atoms with Gasteiger partial charge in [0.05, 0.1) is 0 Å². The van der Waals surface area contributed by atoms with Gasteiger partial charge in [0.15, 0.2) is 0 Å². The van der Waals surface area contributed by atoms with Crippen LogP contribution < -0.4 is 11.5 Å². The average Bonchev–Trinajstić information content (AvgIpc) is 1.86. The number of hydrogen-bond acceptors (Lipinski definition) is 3. The van der Waals surface area contributed by atoms with Gasteiger partial charge in [-0.05, 0) is 27.7 Å². The molecule has 0 unspecified atom stereocenters. The molecule has 3 nitrogen and oxygen atoms in total. The normalized spacial score (nSPS) is 24.8. The maximum atomic E-state index is 8.58. The highest BCUT2D eigenvalue weighted by Crippen LogP contribution is 2.53. The smallest absolute Gasteiger partial charge is 0.204 e. The zero-order valence-corrected chi connectivity index (χ0v) is 8.94. The van der Waals surface area contributed by atoms with Gasteiger partial charge >= 0.3 is 0 Å². The molecular formula is C8H18N2OS. The molecule has 4 N–H and O–H groups in total. The topological polar surface area (TPSA) is 69.1 Å². The molecule has 72 valence electrons. The van der Waals surface area contributed by atoms with Gasteiger partial charge in [-0.15, -0.1) is 11.8 Å². The minimum Gasteiger partial charge on any atom is -0.372 e. The number of hydrogen-bond donors (Lipinski definition) is 2. The molecule has 0 radical (unpaired) electrons. The number of carbonyl (C=O) groups is 1. The molecule has 0 atom stereocenters. The molecule has 0 aromatic carbocycles. The van der Waals surface area contributed by atoms with E-state index in [0.29, 0.717) is 15.5 Å². The van der Waals surface area contributed by atoms with E-state index in [0.717, 1.165) is 0 Å². The van der Waals surface area contributed by atoms with Gasteiger partial charge in [-0.25, -0.2) is 0 Å². The summed E-state index contributed by atoms with van der Waals surface area (Å²) in [5, 5.41) is 0. The van der Waals surface area contributed by atoms with E-state index in [9.17, 15) is 0 Å². The molecule has 1 aliphatic rings. The van der Waals surface area contributed by atoms with E-state index in [1.54, 1.807) is 0 Å². The third-order valence-electron chi connectivity index (χ3n) is 2.02. The minimum atomic E-state index is 0.250. The van der Waals surface area contributed by atoms with Crippen LogP contribution in [0.25, 0.3) is 0 Å².